The van der Waals surface area contributed by atoms with E-state index in [0.717, 1.165) is 35.8 Å². The molecule has 0 saturated heterocycles. The zero-order chi connectivity index (χ0) is 19.6. The van der Waals surface area contributed by atoms with E-state index in [4.69, 9.17) is 0 Å². The minimum absolute atomic E-state index is 0.127. The molecule has 0 unspecified atom stereocenters. The second-order valence-corrected chi connectivity index (χ2v) is 8.97. The van der Waals surface area contributed by atoms with Gasteiger partial charge in [0.1, 0.15) is 9.88 Å². The summed E-state index contributed by atoms with van der Waals surface area (Å²) in [5.41, 5.74) is 4.43. The van der Waals surface area contributed by atoms with Crippen molar-refractivity contribution in [3.63, 3.8) is 0 Å². The fraction of sp³-hybridized carbons (Fsp3) is 0.130. The molecule has 0 radical (unpaired) electrons. The number of aromatic nitrogens is 1. The molecule has 29 heavy (non-hydrogen) atoms. The van der Waals surface area contributed by atoms with Crippen molar-refractivity contribution in [3.8, 4) is 10.6 Å². The fourth-order valence-electron chi connectivity index (χ4n) is 3.51. The first kappa shape index (κ1) is 18.1. The summed E-state index contributed by atoms with van der Waals surface area (Å²) in [6.07, 6.45) is 2.74. The molecule has 3 heterocycles. The van der Waals surface area contributed by atoms with Gasteiger partial charge in [0.05, 0.1) is 6.20 Å². The van der Waals surface area contributed by atoms with Gasteiger partial charge in [-0.2, -0.15) is 0 Å². The number of carbonyl (C=O) groups is 1. The van der Waals surface area contributed by atoms with Gasteiger partial charge in [-0.05, 0) is 47.7 Å². The summed E-state index contributed by atoms with van der Waals surface area (Å²) in [6, 6.07) is 20.2. The molecule has 2 aromatic carbocycles. The highest BCUT2D eigenvalue weighted by atomic mass is 32.1. The second kappa shape index (κ2) is 7.81. The van der Waals surface area contributed by atoms with Gasteiger partial charge in [-0.25, -0.2) is 4.98 Å². The molecule has 0 spiro atoms. The molecular weight excluding hydrogens is 398 g/mol. The summed E-state index contributed by atoms with van der Waals surface area (Å²) in [6.45, 7) is 1.98. The van der Waals surface area contributed by atoms with Gasteiger partial charge in [-0.3, -0.25) is 4.79 Å². The maximum atomic E-state index is 12.6. The Hall–Kier alpha value is -2.96. The minimum Gasteiger partial charge on any atom is -0.367 e. The van der Waals surface area contributed by atoms with Crippen molar-refractivity contribution in [1.29, 1.82) is 0 Å². The van der Waals surface area contributed by atoms with Crippen LogP contribution in [0.3, 0.4) is 0 Å². The van der Waals surface area contributed by atoms with E-state index in [1.165, 1.54) is 27.5 Å². The molecule has 0 saturated carbocycles. The third-order valence-electron chi connectivity index (χ3n) is 5.05. The quantitative estimate of drug-likeness (QED) is 0.464. The monoisotopic (exact) mass is 417 g/mol. The number of carbonyl (C=O) groups excluding carboxylic acids is 1. The number of hydrogen-bond acceptors (Lipinski definition) is 5. The predicted octanol–water partition coefficient (Wildman–Crippen LogP) is 5.69. The number of anilines is 2. The molecule has 4 nitrogen and oxygen atoms in total. The highest BCUT2D eigenvalue weighted by Crippen LogP contribution is 2.29. The van der Waals surface area contributed by atoms with E-state index in [2.05, 4.69) is 38.8 Å². The van der Waals surface area contributed by atoms with Gasteiger partial charge in [0.2, 0.25) is 0 Å². The smallest absolute Gasteiger partial charge is 0.267 e. The van der Waals surface area contributed by atoms with Crippen molar-refractivity contribution in [3.05, 3.63) is 87.6 Å². The Bertz CT molecular complexity index is 1130. The van der Waals surface area contributed by atoms with Crippen LogP contribution < -0.4 is 10.2 Å². The van der Waals surface area contributed by atoms with Gasteiger partial charge >= 0.3 is 0 Å². The van der Waals surface area contributed by atoms with Crippen LogP contribution in [0.4, 0.5) is 11.4 Å². The first-order valence-corrected chi connectivity index (χ1v) is 11.2. The zero-order valence-corrected chi connectivity index (χ0v) is 17.3. The van der Waals surface area contributed by atoms with E-state index in [9.17, 15) is 4.79 Å². The average molecular weight is 418 g/mol. The Morgan fingerprint density at radius 1 is 1.03 bits per heavy atom. The van der Waals surface area contributed by atoms with E-state index in [-0.39, 0.29) is 5.91 Å². The van der Waals surface area contributed by atoms with Crippen molar-refractivity contribution in [2.75, 3.05) is 16.8 Å². The molecule has 1 aliphatic heterocycles. The Morgan fingerprint density at radius 2 is 1.86 bits per heavy atom. The maximum absolute atomic E-state index is 12.6. The number of thiophene rings is 1. The molecule has 1 aliphatic rings. The fourth-order valence-corrected chi connectivity index (χ4v) is 5.22. The molecule has 0 atom stereocenters. The molecule has 2 aromatic heterocycles. The van der Waals surface area contributed by atoms with Crippen molar-refractivity contribution in [2.24, 2.45) is 0 Å². The Balaban J connectivity index is 1.26. The first-order valence-electron chi connectivity index (χ1n) is 9.49. The van der Waals surface area contributed by atoms with Gasteiger partial charge in [0.25, 0.3) is 5.91 Å². The third-order valence-corrected chi connectivity index (χ3v) is 7.12. The third kappa shape index (κ3) is 3.81. The Morgan fingerprint density at radius 3 is 2.69 bits per heavy atom. The van der Waals surface area contributed by atoms with E-state index in [1.54, 1.807) is 6.20 Å². The van der Waals surface area contributed by atoms with E-state index in [0.29, 0.717) is 4.88 Å². The van der Waals surface area contributed by atoms with Crippen LogP contribution in [-0.4, -0.2) is 17.4 Å². The van der Waals surface area contributed by atoms with Crippen LogP contribution in [-0.2, 0) is 13.0 Å². The van der Waals surface area contributed by atoms with Gasteiger partial charge in [-0.15, -0.1) is 22.7 Å². The van der Waals surface area contributed by atoms with Crippen molar-refractivity contribution in [1.82, 2.24) is 4.98 Å². The first-order chi connectivity index (χ1) is 14.3. The number of thiazole rings is 1. The maximum Gasteiger partial charge on any atom is 0.267 e. The van der Waals surface area contributed by atoms with Crippen molar-refractivity contribution in [2.45, 2.75) is 13.0 Å². The Kier molecular flexibility index (Phi) is 4.87. The molecule has 4 aromatic rings. The summed E-state index contributed by atoms with van der Waals surface area (Å²) in [4.78, 5) is 21.5. The van der Waals surface area contributed by atoms with Gasteiger partial charge < -0.3 is 10.2 Å². The lowest BCUT2D eigenvalue weighted by Gasteiger charge is -2.29. The molecule has 0 aliphatic carbocycles. The summed E-state index contributed by atoms with van der Waals surface area (Å²) in [7, 11) is 0. The number of fused-ring (bicyclic) bond motifs is 1. The number of hydrogen-bond donors (Lipinski definition) is 1. The van der Waals surface area contributed by atoms with Gasteiger partial charge in [-0.1, -0.05) is 30.3 Å². The minimum atomic E-state index is -0.127. The van der Waals surface area contributed by atoms with Crippen LogP contribution in [0.5, 0.6) is 0 Å². The molecule has 1 amide bonds. The van der Waals surface area contributed by atoms with Gasteiger partial charge in [0.15, 0.2) is 0 Å². The summed E-state index contributed by atoms with van der Waals surface area (Å²) >= 11 is 3.25. The van der Waals surface area contributed by atoms with Crippen LogP contribution >= 0.6 is 22.7 Å². The molecule has 5 rings (SSSR count). The molecule has 0 fully saturated rings. The summed E-state index contributed by atoms with van der Waals surface area (Å²) in [5.74, 6) is -0.127. The normalized spacial score (nSPS) is 13.2. The van der Waals surface area contributed by atoms with Crippen LogP contribution in [0.2, 0.25) is 0 Å². The lowest BCUT2D eigenvalue weighted by atomic mass is 10.1. The van der Waals surface area contributed by atoms with Crippen molar-refractivity contribution >= 4 is 40.0 Å². The number of rotatable bonds is 4. The molecular formula is C23H19N3OS2. The van der Waals surface area contributed by atoms with Crippen LogP contribution in [0.25, 0.3) is 10.6 Å². The van der Waals surface area contributed by atoms with Gasteiger partial charge in [0, 0.05) is 34.9 Å². The SMILES string of the molecule is O=C(Nc1ccc(N2CCc3sccc3C2)cc1)c1cnc(-c2ccccc2)s1. The molecule has 1 N–H and O–H groups in total. The lowest BCUT2D eigenvalue weighted by Crippen LogP contribution is -2.29. The zero-order valence-electron chi connectivity index (χ0n) is 15.7. The molecule has 144 valence electrons. The Labute approximate surface area is 177 Å². The topological polar surface area (TPSA) is 45.2 Å². The number of amides is 1. The average Bonchev–Trinajstić information content (AvgIpc) is 3.44. The summed E-state index contributed by atoms with van der Waals surface area (Å²) in [5, 5.41) is 6.01. The van der Waals surface area contributed by atoms with Crippen molar-refractivity contribution < 1.29 is 4.79 Å². The van der Waals surface area contributed by atoms with Crippen LogP contribution in [0, 0.1) is 0 Å². The van der Waals surface area contributed by atoms with E-state index >= 15 is 0 Å². The predicted molar refractivity (Wildman–Crippen MR) is 121 cm³/mol. The number of nitrogens with one attached hydrogen (secondary N) is 1. The van der Waals surface area contributed by atoms with E-state index in [1.807, 2.05) is 53.8 Å². The largest absolute Gasteiger partial charge is 0.367 e. The number of benzene rings is 2. The number of nitrogens with zero attached hydrogens (tertiary/aromatic N) is 2. The highest BCUT2D eigenvalue weighted by Gasteiger charge is 2.18. The molecule has 0 bridgehead atoms. The van der Waals surface area contributed by atoms with E-state index < -0.39 is 0 Å². The van der Waals surface area contributed by atoms with Crippen LogP contribution in [0.1, 0.15) is 20.1 Å². The molecule has 6 heteroatoms. The second-order valence-electron chi connectivity index (χ2n) is 6.94. The van der Waals surface area contributed by atoms with Crippen LogP contribution in [0.15, 0.2) is 72.2 Å². The standard InChI is InChI=1S/C23H19N3OS2/c27-22(21-14-24-23(29-21)16-4-2-1-3-5-16)25-18-6-8-19(9-7-18)26-12-10-20-17(15-26)11-13-28-20/h1-9,11,13-14H,10,12,15H2,(H,25,27). The lowest BCUT2D eigenvalue weighted by molar-refractivity contribution is 0.103. The highest BCUT2D eigenvalue weighted by molar-refractivity contribution is 7.17. The summed E-state index contributed by atoms with van der Waals surface area (Å²) < 4.78 is 0.